The number of imidazole rings is 1. The lowest BCUT2D eigenvalue weighted by molar-refractivity contribution is -0.141. The Morgan fingerprint density at radius 1 is 0.966 bits per heavy atom. The molecule has 5 nitrogen and oxygen atoms in total. The van der Waals surface area contributed by atoms with Crippen molar-refractivity contribution in [1.29, 1.82) is 0 Å². The van der Waals surface area contributed by atoms with Crippen molar-refractivity contribution in [2.45, 2.75) is 16.8 Å². The summed E-state index contributed by atoms with van der Waals surface area (Å²) in [5.74, 6) is 0.867. The smallest absolute Gasteiger partial charge is 0.384 e. The summed E-state index contributed by atoms with van der Waals surface area (Å²) in [4.78, 5) is 11.5. The first-order valence-electron chi connectivity index (χ1n) is 8.65. The highest BCUT2D eigenvalue weighted by Gasteiger charge is 2.33. The van der Waals surface area contributed by atoms with E-state index in [0.29, 0.717) is 16.5 Å². The molecule has 0 spiro atoms. The number of pyridine rings is 1. The van der Waals surface area contributed by atoms with E-state index in [0.717, 1.165) is 28.5 Å². The molecule has 0 radical (unpaired) electrons. The quantitative estimate of drug-likeness (QED) is 0.370. The van der Waals surface area contributed by atoms with Crippen molar-refractivity contribution in [2.75, 3.05) is 11.1 Å². The molecule has 4 rings (SSSR count). The fourth-order valence-corrected chi connectivity index (χ4v) is 3.64. The summed E-state index contributed by atoms with van der Waals surface area (Å²) in [6, 6.07) is 17.9. The summed E-state index contributed by atoms with van der Waals surface area (Å²) in [6.07, 6.45) is -4.54. The average molecular weight is 415 g/mol. The maximum absolute atomic E-state index is 12.9. The Labute approximate surface area is 168 Å². The van der Waals surface area contributed by atoms with Crippen LogP contribution in [0.5, 0.6) is 0 Å². The van der Waals surface area contributed by atoms with Gasteiger partial charge in [0.2, 0.25) is 0 Å². The number of thioether (sulfide) groups is 1. The molecule has 2 aromatic carbocycles. The topological polar surface area (TPSA) is 79.6 Å². The number of aromatic amines is 1. The van der Waals surface area contributed by atoms with Crippen LogP contribution in [0.2, 0.25) is 0 Å². The number of benzene rings is 2. The zero-order valence-electron chi connectivity index (χ0n) is 15.0. The van der Waals surface area contributed by atoms with Gasteiger partial charge in [-0.2, -0.15) is 13.2 Å². The van der Waals surface area contributed by atoms with Crippen LogP contribution in [-0.2, 0) is 11.9 Å². The van der Waals surface area contributed by atoms with Gasteiger partial charge in [0.05, 0.1) is 16.8 Å². The van der Waals surface area contributed by atoms with Crippen LogP contribution in [-0.4, -0.2) is 15.0 Å². The van der Waals surface area contributed by atoms with E-state index in [4.69, 9.17) is 5.73 Å². The normalized spacial score (nSPS) is 11.7. The van der Waals surface area contributed by atoms with Crippen LogP contribution in [0.4, 0.5) is 30.4 Å². The molecule has 9 heteroatoms. The standard InChI is InChI=1S/C20H16F3N5S/c21-20(22,23)17-9-14(10-18(24)28-17)29-11-19-26-15-7-6-13(8-16(15)27-19)25-12-4-2-1-3-5-12/h1-10,25H,11H2,(H2,24,28)(H,26,27). The maximum atomic E-state index is 12.9. The predicted octanol–water partition coefficient (Wildman–Crippen LogP) is 5.59. The second kappa shape index (κ2) is 7.67. The van der Waals surface area contributed by atoms with Gasteiger partial charge in [0, 0.05) is 16.3 Å². The van der Waals surface area contributed by atoms with Gasteiger partial charge in [-0.05, 0) is 42.5 Å². The number of hydrogen-bond donors (Lipinski definition) is 3. The Balaban J connectivity index is 1.50. The van der Waals surface area contributed by atoms with E-state index in [9.17, 15) is 13.2 Å². The number of nitrogen functional groups attached to an aromatic ring is 1. The average Bonchev–Trinajstić information content (AvgIpc) is 3.08. The minimum atomic E-state index is -4.54. The van der Waals surface area contributed by atoms with Crippen molar-refractivity contribution < 1.29 is 13.2 Å². The molecule has 0 aliphatic heterocycles. The van der Waals surface area contributed by atoms with Crippen LogP contribution >= 0.6 is 11.8 Å². The van der Waals surface area contributed by atoms with Crippen LogP contribution in [0.3, 0.4) is 0 Å². The lowest BCUT2D eigenvalue weighted by atomic mass is 10.2. The molecule has 0 fully saturated rings. The molecule has 4 aromatic rings. The largest absolute Gasteiger partial charge is 0.433 e. The van der Waals surface area contributed by atoms with Crippen LogP contribution < -0.4 is 11.1 Å². The summed E-state index contributed by atoms with van der Waals surface area (Å²) in [6.45, 7) is 0. The fraction of sp³-hybridized carbons (Fsp3) is 0.100. The molecule has 4 N–H and O–H groups in total. The third kappa shape index (κ3) is 4.62. The van der Waals surface area contributed by atoms with E-state index in [1.165, 1.54) is 17.8 Å². The number of alkyl halides is 3. The van der Waals surface area contributed by atoms with Gasteiger partial charge >= 0.3 is 6.18 Å². The summed E-state index contributed by atoms with van der Waals surface area (Å²) >= 11 is 1.21. The van der Waals surface area contributed by atoms with Crippen molar-refractivity contribution in [3.05, 3.63) is 72.2 Å². The molecule has 2 heterocycles. The molecule has 29 heavy (non-hydrogen) atoms. The Kier molecular flexibility index (Phi) is 5.06. The Morgan fingerprint density at radius 3 is 2.52 bits per heavy atom. The highest BCUT2D eigenvalue weighted by Crippen LogP contribution is 2.33. The van der Waals surface area contributed by atoms with Crippen molar-refractivity contribution >= 4 is 40.0 Å². The molecule has 0 atom stereocenters. The zero-order chi connectivity index (χ0) is 20.4. The van der Waals surface area contributed by atoms with E-state index in [2.05, 4.69) is 20.3 Å². The number of nitrogens with one attached hydrogen (secondary N) is 2. The third-order valence-electron chi connectivity index (χ3n) is 4.08. The molecular weight excluding hydrogens is 399 g/mol. The highest BCUT2D eigenvalue weighted by molar-refractivity contribution is 7.98. The number of hydrogen-bond acceptors (Lipinski definition) is 5. The summed E-state index contributed by atoms with van der Waals surface area (Å²) < 4.78 is 38.7. The monoisotopic (exact) mass is 415 g/mol. The molecule has 0 aliphatic rings. The van der Waals surface area contributed by atoms with E-state index >= 15 is 0 Å². The van der Waals surface area contributed by atoms with Gasteiger partial charge in [-0.1, -0.05) is 18.2 Å². The first kappa shape index (κ1) is 19.1. The van der Waals surface area contributed by atoms with Crippen LogP contribution in [0, 0.1) is 0 Å². The molecule has 0 bridgehead atoms. The second-order valence-corrected chi connectivity index (χ2v) is 7.35. The molecule has 0 amide bonds. The zero-order valence-corrected chi connectivity index (χ0v) is 15.8. The maximum Gasteiger partial charge on any atom is 0.433 e. The minimum absolute atomic E-state index is 0.163. The first-order chi connectivity index (χ1) is 13.9. The lowest BCUT2D eigenvalue weighted by Crippen LogP contribution is -2.09. The number of fused-ring (bicyclic) bond motifs is 1. The molecule has 0 aliphatic carbocycles. The highest BCUT2D eigenvalue weighted by atomic mass is 32.2. The molecule has 0 unspecified atom stereocenters. The van der Waals surface area contributed by atoms with Crippen LogP contribution in [0.25, 0.3) is 11.0 Å². The molecular formula is C20H16F3N5S. The number of nitrogens with zero attached hydrogens (tertiary/aromatic N) is 2. The molecule has 2 aromatic heterocycles. The number of anilines is 3. The second-order valence-electron chi connectivity index (χ2n) is 6.31. The molecule has 0 saturated heterocycles. The van der Waals surface area contributed by atoms with Crippen molar-refractivity contribution in [2.24, 2.45) is 0 Å². The molecule has 0 saturated carbocycles. The number of rotatable bonds is 5. The van der Waals surface area contributed by atoms with Crippen molar-refractivity contribution in [1.82, 2.24) is 15.0 Å². The lowest BCUT2D eigenvalue weighted by Gasteiger charge is -2.08. The fourth-order valence-electron chi connectivity index (χ4n) is 2.80. The number of halogens is 3. The number of H-pyrrole nitrogens is 1. The minimum Gasteiger partial charge on any atom is -0.384 e. The predicted molar refractivity (Wildman–Crippen MR) is 109 cm³/mol. The van der Waals surface area contributed by atoms with Crippen molar-refractivity contribution in [3.8, 4) is 0 Å². The van der Waals surface area contributed by atoms with E-state index in [1.54, 1.807) is 0 Å². The Morgan fingerprint density at radius 2 is 1.76 bits per heavy atom. The van der Waals surface area contributed by atoms with Gasteiger partial charge in [-0.3, -0.25) is 0 Å². The van der Waals surface area contributed by atoms with E-state index in [1.807, 2.05) is 48.5 Å². The van der Waals surface area contributed by atoms with E-state index in [-0.39, 0.29) is 5.82 Å². The third-order valence-corrected chi connectivity index (χ3v) is 5.07. The van der Waals surface area contributed by atoms with Gasteiger partial charge in [-0.25, -0.2) is 9.97 Å². The van der Waals surface area contributed by atoms with Crippen molar-refractivity contribution in [3.63, 3.8) is 0 Å². The van der Waals surface area contributed by atoms with Gasteiger partial charge in [0.15, 0.2) is 0 Å². The van der Waals surface area contributed by atoms with Gasteiger partial charge < -0.3 is 16.0 Å². The number of aromatic nitrogens is 3. The van der Waals surface area contributed by atoms with Crippen LogP contribution in [0.15, 0.2) is 65.6 Å². The van der Waals surface area contributed by atoms with Crippen LogP contribution in [0.1, 0.15) is 11.5 Å². The molecule has 148 valence electrons. The van der Waals surface area contributed by atoms with Gasteiger partial charge in [0.25, 0.3) is 0 Å². The SMILES string of the molecule is Nc1cc(SCc2nc3cc(Nc4ccccc4)ccc3[nH]2)cc(C(F)(F)F)n1. The van der Waals surface area contributed by atoms with Gasteiger partial charge in [-0.15, -0.1) is 11.8 Å². The van der Waals surface area contributed by atoms with E-state index < -0.39 is 11.9 Å². The Bertz CT molecular complexity index is 1140. The number of para-hydroxylation sites is 1. The first-order valence-corrected chi connectivity index (χ1v) is 9.64. The summed E-state index contributed by atoms with van der Waals surface area (Å²) in [5, 5.41) is 3.30. The van der Waals surface area contributed by atoms with Gasteiger partial charge in [0.1, 0.15) is 17.3 Å². The summed E-state index contributed by atoms with van der Waals surface area (Å²) in [7, 11) is 0. The summed E-state index contributed by atoms with van der Waals surface area (Å²) in [5.41, 5.74) is 8.00. The Hall–Kier alpha value is -3.20. The number of nitrogens with two attached hydrogens (primary N) is 1.